The first-order chi connectivity index (χ1) is 19.6. The Kier molecular flexibility index (Phi) is 7.28. The minimum atomic E-state index is -4.37. The van der Waals surface area contributed by atoms with Crippen molar-refractivity contribution in [3.8, 4) is 34.5 Å². The smallest absolute Gasteiger partial charge is 0.337 e. The number of fused-ring (bicyclic) bond motifs is 1. The fourth-order valence-corrected chi connectivity index (χ4v) is 4.90. The molecule has 1 amide bonds. The highest BCUT2D eigenvalue weighted by atomic mass is 19.4. The Morgan fingerprint density at radius 1 is 1.00 bits per heavy atom. The van der Waals surface area contributed by atoms with E-state index in [2.05, 4.69) is 21.3 Å². The molecule has 0 saturated carbocycles. The van der Waals surface area contributed by atoms with Gasteiger partial charge in [0.25, 0.3) is 0 Å². The van der Waals surface area contributed by atoms with Crippen LogP contribution in [0.4, 0.5) is 13.2 Å². The highest BCUT2D eigenvalue weighted by Gasteiger charge is 2.47. The Hall–Kier alpha value is -5.04. The topological polar surface area (TPSA) is 133 Å². The second-order valence-electron chi connectivity index (χ2n) is 10.0. The second kappa shape index (κ2) is 10.8. The summed E-state index contributed by atoms with van der Waals surface area (Å²) in [6.45, 7) is 0.576. The predicted octanol–water partition coefficient (Wildman–Crippen LogP) is 4.08. The van der Waals surface area contributed by atoms with E-state index in [4.69, 9.17) is 5.26 Å². The number of ketones is 1. The number of hydrogen-bond acceptors (Lipinski definition) is 7. The van der Waals surface area contributed by atoms with Crippen LogP contribution in [0.15, 0.2) is 55.1 Å². The minimum absolute atomic E-state index is 0.0975. The molecule has 0 N–H and O–H groups in total. The number of benzene rings is 1. The molecule has 5 rings (SSSR count). The van der Waals surface area contributed by atoms with Gasteiger partial charge in [0.1, 0.15) is 17.7 Å². The van der Waals surface area contributed by atoms with Crippen molar-refractivity contribution >= 4 is 17.3 Å². The number of hydrogen-bond donors (Lipinski definition) is 0. The van der Waals surface area contributed by atoms with Crippen LogP contribution in [0, 0.1) is 22.7 Å². The normalized spacial score (nSPS) is 14.3. The molecule has 4 heterocycles. The standard InChI is InChI=1S/C28H23F3N8O2/c29-28(30,31)6-4-23(40)11-19-2-1-3-20(10-19)24-15-34-25-12-21(13-36-39(24)25)22-14-35-38(16-22)27(7-9-33)17-37(18-27)26(41)5-8-32/h1-3,10,12-16H,4-7,11,17-18H2. The Balaban J connectivity index is 1.34. The first-order valence-electron chi connectivity index (χ1n) is 12.7. The molecule has 1 aromatic carbocycles. The molecule has 1 saturated heterocycles. The fraction of sp³-hybridized carbons (Fsp3) is 0.321. The lowest BCUT2D eigenvalue weighted by Crippen LogP contribution is -2.64. The van der Waals surface area contributed by atoms with Crippen LogP contribution in [0.25, 0.3) is 28.0 Å². The Bertz CT molecular complexity index is 1700. The maximum absolute atomic E-state index is 12.5. The van der Waals surface area contributed by atoms with Gasteiger partial charge in [-0.2, -0.15) is 33.9 Å². The molecule has 0 bridgehead atoms. The summed E-state index contributed by atoms with van der Waals surface area (Å²) in [5.74, 6) is -0.766. The average molecular weight is 561 g/mol. The molecule has 1 aliphatic rings. The third-order valence-corrected chi connectivity index (χ3v) is 7.04. The van der Waals surface area contributed by atoms with E-state index in [9.17, 15) is 28.0 Å². The van der Waals surface area contributed by atoms with E-state index < -0.39 is 30.3 Å². The van der Waals surface area contributed by atoms with Gasteiger partial charge < -0.3 is 4.90 Å². The Morgan fingerprint density at radius 2 is 1.78 bits per heavy atom. The van der Waals surface area contributed by atoms with Crippen LogP contribution in [0.2, 0.25) is 0 Å². The maximum atomic E-state index is 12.5. The number of nitriles is 2. The Morgan fingerprint density at radius 3 is 2.51 bits per heavy atom. The molecule has 4 aromatic rings. The molecule has 41 heavy (non-hydrogen) atoms. The van der Waals surface area contributed by atoms with Gasteiger partial charge in [-0.25, -0.2) is 9.50 Å². The zero-order valence-corrected chi connectivity index (χ0v) is 21.7. The summed E-state index contributed by atoms with van der Waals surface area (Å²) >= 11 is 0. The third kappa shape index (κ3) is 5.79. The maximum Gasteiger partial charge on any atom is 0.389 e. The van der Waals surface area contributed by atoms with Gasteiger partial charge in [0.05, 0.1) is 49.3 Å². The molecule has 0 atom stereocenters. The number of likely N-dealkylation sites (tertiary alicyclic amines) is 1. The van der Waals surface area contributed by atoms with Crippen LogP contribution in [-0.2, 0) is 21.5 Å². The van der Waals surface area contributed by atoms with E-state index in [0.717, 1.165) is 11.1 Å². The van der Waals surface area contributed by atoms with Crippen molar-refractivity contribution in [1.82, 2.24) is 29.3 Å². The molecule has 0 unspecified atom stereocenters. The van der Waals surface area contributed by atoms with E-state index in [0.29, 0.717) is 22.5 Å². The number of rotatable bonds is 9. The van der Waals surface area contributed by atoms with Crippen LogP contribution in [-0.4, -0.2) is 60.2 Å². The van der Waals surface area contributed by atoms with Gasteiger partial charge in [-0.3, -0.25) is 14.3 Å². The van der Waals surface area contributed by atoms with Gasteiger partial charge in [-0.15, -0.1) is 0 Å². The number of Topliss-reactive ketones (excluding diaryl/α,β-unsaturated/α-hetero) is 1. The highest BCUT2D eigenvalue weighted by molar-refractivity contribution is 5.81. The van der Waals surface area contributed by atoms with E-state index in [1.165, 1.54) is 4.90 Å². The zero-order valence-electron chi connectivity index (χ0n) is 21.7. The summed E-state index contributed by atoms with van der Waals surface area (Å²) in [5, 5.41) is 27.2. The first kappa shape index (κ1) is 27.5. The lowest BCUT2D eigenvalue weighted by Gasteiger charge is -2.48. The van der Waals surface area contributed by atoms with Crippen molar-refractivity contribution in [1.29, 1.82) is 10.5 Å². The van der Waals surface area contributed by atoms with Crippen LogP contribution in [0.1, 0.15) is 31.2 Å². The summed E-state index contributed by atoms with van der Waals surface area (Å²) in [6.07, 6.45) is 0.493. The number of amides is 1. The van der Waals surface area contributed by atoms with E-state index in [1.54, 1.807) is 52.2 Å². The first-order valence-corrected chi connectivity index (χ1v) is 12.7. The van der Waals surface area contributed by atoms with Gasteiger partial charge in [-0.1, -0.05) is 18.2 Å². The molecule has 13 heteroatoms. The summed E-state index contributed by atoms with van der Waals surface area (Å²) in [6, 6.07) is 12.8. The third-order valence-electron chi connectivity index (χ3n) is 7.04. The number of halogens is 3. The molecule has 208 valence electrons. The van der Waals surface area contributed by atoms with Crippen LogP contribution >= 0.6 is 0 Å². The SMILES string of the molecule is N#CCC(=O)N1CC(CC#N)(n2cc(-c3cnn4c(-c5cccc(CC(=O)CCC(F)(F)F)c5)cnc4c3)cn2)C1. The number of aromatic nitrogens is 5. The van der Waals surface area contributed by atoms with Crippen LogP contribution in [0.5, 0.6) is 0 Å². The number of imidazole rings is 1. The van der Waals surface area contributed by atoms with Crippen molar-refractivity contribution < 1.29 is 22.8 Å². The molecule has 0 spiro atoms. The lowest BCUT2D eigenvalue weighted by atomic mass is 9.86. The van der Waals surface area contributed by atoms with Crippen molar-refractivity contribution in [2.45, 2.75) is 43.8 Å². The summed E-state index contributed by atoms with van der Waals surface area (Å²) in [4.78, 5) is 30.1. The van der Waals surface area contributed by atoms with E-state index in [1.807, 2.05) is 18.2 Å². The molecule has 3 aromatic heterocycles. The summed E-state index contributed by atoms with van der Waals surface area (Å²) < 4.78 is 40.7. The highest BCUT2D eigenvalue weighted by Crippen LogP contribution is 2.34. The molecule has 1 fully saturated rings. The molecule has 0 radical (unpaired) electrons. The monoisotopic (exact) mass is 560 g/mol. The zero-order chi connectivity index (χ0) is 29.2. The van der Waals surface area contributed by atoms with Gasteiger partial charge in [0, 0.05) is 48.8 Å². The summed E-state index contributed by atoms with van der Waals surface area (Å²) in [7, 11) is 0. The lowest BCUT2D eigenvalue weighted by molar-refractivity contribution is -0.143. The van der Waals surface area contributed by atoms with Crippen molar-refractivity contribution in [3.05, 3.63) is 60.7 Å². The van der Waals surface area contributed by atoms with E-state index in [-0.39, 0.29) is 38.3 Å². The van der Waals surface area contributed by atoms with Crippen LogP contribution in [0.3, 0.4) is 0 Å². The van der Waals surface area contributed by atoms with Crippen LogP contribution < -0.4 is 0 Å². The number of nitrogens with zero attached hydrogens (tertiary/aromatic N) is 8. The van der Waals surface area contributed by atoms with Gasteiger partial charge >= 0.3 is 6.18 Å². The average Bonchev–Trinajstić information content (AvgIpc) is 3.57. The minimum Gasteiger partial charge on any atom is -0.337 e. The number of carbonyl (C=O) groups excluding carboxylic acids is 2. The molecule has 1 aliphatic heterocycles. The fourth-order valence-electron chi connectivity index (χ4n) is 4.90. The number of alkyl halides is 3. The van der Waals surface area contributed by atoms with Crippen molar-refractivity contribution in [2.75, 3.05) is 13.1 Å². The Labute approximate surface area is 232 Å². The quantitative estimate of drug-likeness (QED) is 0.301. The van der Waals surface area contributed by atoms with Gasteiger partial charge in [0.15, 0.2) is 5.65 Å². The molecule has 10 nitrogen and oxygen atoms in total. The van der Waals surface area contributed by atoms with Crippen molar-refractivity contribution in [3.63, 3.8) is 0 Å². The number of carbonyl (C=O) groups is 2. The molecular formula is C28H23F3N8O2. The van der Waals surface area contributed by atoms with E-state index >= 15 is 0 Å². The van der Waals surface area contributed by atoms with Gasteiger partial charge in [0.2, 0.25) is 5.91 Å². The predicted molar refractivity (Wildman–Crippen MR) is 139 cm³/mol. The molecule has 0 aliphatic carbocycles. The molecular weight excluding hydrogens is 537 g/mol. The summed E-state index contributed by atoms with van der Waals surface area (Å²) in [5.41, 5.74) is 3.30. The van der Waals surface area contributed by atoms with Gasteiger partial charge in [-0.05, 0) is 17.7 Å². The van der Waals surface area contributed by atoms with Crippen molar-refractivity contribution in [2.24, 2.45) is 0 Å². The second-order valence-corrected chi connectivity index (χ2v) is 10.0. The largest absolute Gasteiger partial charge is 0.389 e.